The topological polar surface area (TPSA) is 182 Å². The molecule has 10 nitrogen and oxygen atoms in total. The molecule has 1 saturated carbocycles. The fourth-order valence-electron chi connectivity index (χ4n) is 4.60. The van der Waals surface area contributed by atoms with Crippen molar-refractivity contribution in [1.82, 2.24) is 16.0 Å². The number of nitrogens with two attached hydrogens (primary N) is 3. The Bertz CT molecular complexity index is 711. The van der Waals surface area contributed by atoms with Gasteiger partial charge < -0.3 is 33.2 Å². The third-order valence-electron chi connectivity index (χ3n) is 7.34. The second-order valence-corrected chi connectivity index (χ2v) is 10.7. The number of unbranched alkanes of at least 4 members (excludes halogenated alkanes) is 1. The lowest BCUT2D eigenvalue weighted by atomic mass is 9.84. The molecular weight excluding hydrogens is 460 g/mol. The van der Waals surface area contributed by atoms with Crippen LogP contribution in [0.5, 0.6) is 0 Å². The molecule has 0 bridgehead atoms. The van der Waals surface area contributed by atoms with Gasteiger partial charge in [0.15, 0.2) is 0 Å². The van der Waals surface area contributed by atoms with E-state index in [2.05, 4.69) is 16.0 Å². The summed E-state index contributed by atoms with van der Waals surface area (Å²) < 4.78 is 0. The van der Waals surface area contributed by atoms with Crippen LogP contribution in [0.1, 0.15) is 91.9 Å². The van der Waals surface area contributed by atoms with E-state index in [4.69, 9.17) is 17.2 Å². The van der Waals surface area contributed by atoms with E-state index in [9.17, 15) is 19.2 Å². The lowest BCUT2D eigenvalue weighted by molar-refractivity contribution is -0.134. The number of hydrogen-bond donors (Lipinski definition) is 6. The monoisotopic (exact) mass is 510 g/mol. The van der Waals surface area contributed by atoms with Gasteiger partial charge in [-0.15, -0.1) is 0 Å². The Labute approximate surface area is 216 Å². The normalized spacial score (nSPS) is 18.5. The SMILES string of the molecule is CC[C@H](C)[C@H](N)C(=O)N[C@H](C(=O)N[C@@H](CC1CCCCC1)C(=O)N[C@@H](CCCCN)C(N)=O)C(C)C. The average Bonchev–Trinajstić information content (AvgIpc) is 2.85. The van der Waals surface area contributed by atoms with Crippen LogP contribution in [0.15, 0.2) is 0 Å². The van der Waals surface area contributed by atoms with E-state index in [0.29, 0.717) is 31.7 Å². The summed E-state index contributed by atoms with van der Waals surface area (Å²) in [6.45, 7) is 7.99. The first-order valence-corrected chi connectivity index (χ1v) is 13.7. The Kier molecular flexibility index (Phi) is 14.6. The molecule has 0 saturated heterocycles. The van der Waals surface area contributed by atoms with Gasteiger partial charge in [0.25, 0.3) is 0 Å². The van der Waals surface area contributed by atoms with E-state index in [1.54, 1.807) is 0 Å². The predicted molar refractivity (Wildman–Crippen MR) is 141 cm³/mol. The van der Waals surface area contributed by atoms with Gasteiger partial charge in [0, 0.05) is 0 Å². The van der Waals surface area contributed by atoms with E-state index in [1.165, 1.54) is 6.42 Å². The Hall–Kier alpha value is -2.20. The summed E-state index contributed by atoms with van der Waals surface area (Å²) >= 11 is 0. The molecule has 9 N–H and O–H groups in total. The Morgan fingerprint density at radius 2 is 1.47 bits per heavy atom. The zero-order valence-corrected chi connectivity index (χ0v) is 22.7. The Morgan fingerprint density at radius 3 is 2.00 bits per heavy atom. The van der Waals surface area contributed by atoms with E-state index < -0.39 is 41.9 Å². The highest BCUT2D eigenvalue weighted by Gasteiger charge is 2.33. The Balaban J connectivity index is 3.00. The molecule has 10 heteroatoms. The first-order valence-electron chi connectivity index (χ1n) is 13.7. The van der Waals surface area contributed by atoms with Crippen LogP contribution >= 0.6 is 0 Å². The molecule has 0 aromatic heterocycles. The molecule has 208 valence electrons. The van der Waals surface area contributed by atoms with Crippen molar-refractivity contribution in [2.75, 3.05) is 6.54 Å². The standard InChI is InChI=1S/C26H50N6O4/c1-5-17(4)21(28)25(35)32-22(16(2)3)26(36)31-20(15-18-11-7-6-8-12-18)24(34)30-19(23(29)33)13-9-10-14-27/h16-22H,5-15,27-28H2,1-4H3,(H2,29,33)(H,30,34)(H,31,36)(H,32,35)/t17-,19-,20-,21-,22-/m0/s1. The number of hydrogen-bond acceptors (Lipinski definition) is 6. The van der Waals surface area contributed by atoms with E-state index in [0.717, 1.165) is 38.5 Å². The highest BCUT2D eigenvalue weighted by Crippen LogP contribution is 2.27. The zero-order chi connectivity index (χ0) is 27.3. The Morgan fingerprint density at radius 1 is 0.861 bits per heavy atom. The molecule has 1 rings (SSSR count). The van der Waals surface area contributed by atoms with Gasteiger partial charge in [-0.1, -0.05) is 66.2 Å². The minimum absolute atomic E-state index is 0.0318. The third kappa shape index (κ3) is 10.8. The van der Waals surface area contributed by atoms with Crippen molar-refractivity contribution < 1.29 is 19.2 Å². The van der Waals surface area contributed by atoms with Crippen molar-refractivity contribution in [2.45, 2.75) is 116 Å². The van der Waals surface area contributed by atoms with Gasteiger partial charge in [0.1, 0.15) is 18.1 Å². The minimum Gasteiger partial charge on any atom is -0.368 e. The smallest absolute Gasteiger partial charge is 0.243 e. The maximum Gasteiger partial charge on any atom is 0.243 e. The van der Waals surface area contributed by atoms with Gasteiger partial charge in [-0.3, -0.25) is 19.2 Å². The van der Waals surface area contributed by atoms with Crippen molar-refractivity contribution in [3.8, 4) is 0 Å². The van der Waals surface area contributed by atoms with Gasteiger partial charge in [-0.2, -0.15) is 0 Å². The van der Waals surface area contributed by atoms with Gasteiger partial charge in [-0.05, 0) is 50.0 Å². The predicted octanol–water partition coefficient (Wildman–Crippen LogP) is 1.05. The van der Waals surface area contributed by atoms with Crippen molar-refractivity contribution in [3.05, 3.63) is 0 Å². The lowest BCUT2D eigenvalue weighted by Gasteiger charge is -2.30. The van der Waals surface area contributed by atoms with Crippen molar-refractivity contribution >= 4 is 23.6 Å². The second-order valence-electron chi connectivity index (χ2n) is 10.7. The molecule has 1 aliphatic rings. The van der Waals surface area contributed by atoms with Gasteiger partial charge in [0.2, 0.25) is 23.6 Å². The number of nitrogens with one attached hydrogen (secondary N) is 3. The molecule has 0 aromatic rings. The van der Waals surface area contributed by atoms with E-state index in [-0.39, 0.29) is 17.7 Å². The van der Waals surface area contributed by atoms with Crippen LogP contribution in [0.25, 0.3) is 0 Å². The van der Waals surface area contributed by atoms with Crippen LogP contribution < -0.4 is 33.2 Å². The van der Waals surface area contributed by atoms with Crippen LogP contribution in [0.3, 0.4) is 0 Å². The maximum absolute atomic E-state index is 13.3. The number of primary amides is 1. The summed E-state index contributed by atoms with van der Waals surface area (Å²) in [6, 6.07) is -3.23. The fourth-order valence-corrected chi connectivity index (χ4v) is 4.60. The zero-order valence-electron chi connectivity index (χ0n) is 22.7. The summed E-state index contributed by atoms with van der Waals surface area (Å²) in [5.41, 5.74) is 17.1. The summed E-state index contributed by atoms with van der Waals surface area (Å²) in [5.74, 6) is -1.83. The van der Waals surface area contributed by atoms with Gasteiger partial charge in [-0.25, -0.2) is 0 Å². The quantitative estimate of drug-likeness (QED) is 0.169. The molecule has 1 aliphatic carbocycles. The number of rotatable bonds is 16. The van der Waals surface area contributed by atoms with Crippen LogP contribution in [-0.2, 0) is 19.2 Å². The fraction of sp³-hybridized carbons (Fsp3) is 0.846. The van der Waals surface area contributed by atoms with Crippen LogP contribution in [0.2, 0.25) is 0 Å². The summed E-state index contributed by atoms with van der Waals surface area (Å²) in [6.07, 6.45) is 8.30. The molecule has 0 spiro atoms. The molecule has 4 amide bonds. The van der Waals surface area contributed by atoms with Crippen molar-refractivity contribution in [2.24, 2.45) is 35.0 Å². The first-order chi connectivity index (χ1) is 17.0. The second kappa shape index (κ2) is 16.5. The summed E-state index contributed by atoms with van der Waals surface area (Å²) in [7, 11) is 0. The van der Waals surface area contributed by atoms with Gasteiger partial charge >= 0.3 is 0 Å². The highest BCUT2D eigenvalue weighted by atomic mass is 16.2. The van der Waals surface area contributed by atoms with Crippen LogP contribution in [0.4, 0.5) is 0 Å². The molecule has 0 aliphatic heterocycles. The third-order valence-corrected chi connectivity index (χ3v) is 7.34. The molecule has 5 atom stereocenters. The highest BCUT2D eigenvalue weighted by molar-refractivity contribution is 5.94. The molecule has 36 heavy (non-hydrogen) atoms. The molecule has 0 unspecified atom stereocenters. The van der Waals surface area contributed by atoms with E-state index >= 15 is 0 Å². The number of carbonyl (C=O) groups excluding carboxylic acids is 4. The molecule has 0 heterocycles. The molecule has 0 radical (unpaired) electrons. The van der Waals surface area contributed by atoms with Gasteiger partial charge in [0.05, 0.1) is 6.04 Å². The maximum atomic E-state index is 13.3. The molecule has 1 fully saturated rings. The molecule has 0 aromatic carbocycles. The van der Waals surface area contributed by atoms with Crippen molar-refractivity contribution in [3.63, 3.8) is 0 Å². The van der Waals surface area contributed by atoms with E-state index in [1.807, 2.05) is 27.7 Å². The van der Waals surface area contributed by atoms with Crippen LogP contribution in [-0.4, -0.2) is 54.3 Å². The summed E-state index contributed by atoms with van der Waals surface area (Å²) in [4.78, 5) is 51.2. The molecular formula is C26H50N6O4. The van der Waals surface area contributed by atoms with Crippen LogP contribution in [0, 0.1) is 17.8 Å². The largest absolute Gasteiger partial charge is 0.368 e. The number of amides is 4. The minimum atomic E-state index is -0.842. The van der Waals surface area contributed by atoms with Crippen molar-refractivity contribution in [1.29, 1.82) is 0 Å². The summed E-state index contributed by atoms with van der Waals surface area (Å²) in [5, 5.41) is 8.39. The first kappa shape index (κ1) is 31.8. The lowest BCUT2D eigenvalue weighted by Crippen LogP contribution is -2.59. The average molecular weight is 511 g/mol. The number of carbonyl (C=O) groups is 4.